The molecule has 0 saturated carbocycles. The molecule has 2 heteroatoms. The van der Waals surface area contributed by atoms with Crippen molar-refractivity contribution >= 4 is 11.0 Å². The van der Waals surface area contributed by atoms with Crippen molar-refractivity contribution in [2.75, 3.05) is 0 Å². The summed E-state index contributed by atoms with van der Waals surface area (Å²) in [5.41, 5.74) is 9.21. The minimum absolute atomic E-state index is 0.883. The van der Waals surface area contributed by atoms with Gasteiger partial charge in [0.05, 0.1) is 17.4 Å². The van der Waals surface area contributed by atoms with Crippen LogP contribution in [-0.4, -0.2) is 9.55 Å². The number of rotatable bonds is 2. The Morgan fingerprint density at radius 1 is 0.950 bits per heavy atom. The molecule has 0 radical (unpaired) electrons. The van der Waals surface area contributed by atoms with E-state index in [9.17, 15) is 0 Å². The van der Waals surface area contributed by atoms with Gasteiger partial charge in [0.2, 0.25) is 0 Å². The molecule has 3 rings (SSSR count). The number of nitrogens with zero attached hydrogens (tertiary/aromatic N) is 2. The molecule has 0 fully saturated rings. The van der Waals surface area contributed by atoms with Crippen LogP contribution in [0, 0.1) is 27.7 Å². The van der Waals surface area contributed by atoms with Gasteiger partial charge in [-0.3, -0.25) is 0 Å². The normalized spacial score (nSPS) is 11.2. The summed E-state index contributed by atoms with van der Waals surface area (Å²) in [5.74, 6) is 0. The fraction of sp³-hybridized carbons (Fsp3) is 0.278. The molecule has 0 N–H and O–H groups in total. The highest BCUT2D eigenvalue weighted by Gasteiger charge is 2.09. The molecule has 0 saturated heterocycles. The van der Waals surface area contributed by atoms with Gasteiger partial charge in [-0.05, 0) is 67.6 Å². The molecule has 0 aliphatic heterocycles. The summed E-state index contributed by atoms with van der Waals surface area (Å²) in [6, 6.07) is 10.6. The molecule has 0 unspecified atom stereocenters. The van der Waals surface area contributed by atoms with Crippen LogP contribution >= 0.6 is 0 Å². The van der Waals surface area contributed by atoms with E-state index in [-0.39, 0.29) is 0 Å². The van der Waals surface area contributed by atoms with Gasteiger partial charge in [0.15, 0.2) is 0 Å². The summed E-state index contributed by atoms with van der Waals surface area (Å²) in [5, 5.41) is 0. The Labute approximate surface area is 120 Å². The van der Waals surface area contributed by atoms with Crippen molar-refractivity contribution in [2.24, 2.45) is 0 Å². The molecule has 0 amide bonds. The number of hydrogen-bond donors (Lipinski definition) is 0. The molecule has 1 heterocycles. The van der Waals surface area contributed by atoms with E-state index in [1.807, 2.05) is 12.4 Å². The number of para-hydroxylation sites is 2. The lowest BCUT2D eigenvalue weighted by molar-refractivity contribution is 0.815. The zero-order valence-corrected chi connectivity index (χ0v) is 12.6. The van der Waals surface area contributed by atoms with Gasteiger partial charge in [-0.1, -0.05) is 18.2 Å². The maximum Gasteiger partial charge on any atom is 0.0961 e. The molecular formula is C18H20N2. The molecule has 2 aromatic carbocycles. The van der Waals surface area contributed by atoms with Crippen LogP contribution in [-0.2, 0) is 6.54 Å². The Kier molecular flexibility index (Phi) is 3.09. The predicted octanol–water partition coefficient (Wildman–Crippen LogP) is 4.32. The van der Waals surface area contributed by atoms with E-state index in [0.29, 0.717) is 0 Å². The number of fused-ring (bicyclic) bond motifs is 1. The topological polar surface area (TPSA) is 17.8 Å². The van der Waals surface area contributed by atoms with Crippen molar-refractivity contribution in [3.63, 3.8) is 0 Å². The maximum atomic E-state index is 4.47. The van der Waals surface area contributed by atoms with Gasteiger partial charge >= 0.3 is 0 Å². The zero-order valence-electron chi connectivity index (χ0n) is 12.6. The van der Waals surface area contributed by atoms with E-state index in [2.05, 4.69) is 61.5 Å². The second-order valence-electron chi connectivity index (χ2n) is 5.59. The number of imidazole rings is 1. The molecule has 102 valence electrons. The van der Waals surface area contributed by atoms with Crippen LogP contribution < -0.4 is 0 Å². The van der Waals surface area contributed by atoms with Crippen molar-refractivity contribution in [1.29, 1.82) is 0 Å². The van der Waals surface area contributed by atoms with Crippen molar-refractivity contribution in [2.45, 2.75) is 34.2 Å². The summed E-state index contributed by atoms with van der Waals surface area (Å²) in [6.07, 6.45) is 1.94. The first-order valence-electron chi connectivity index (χ1n) is 7.04. The lowest BCUT2D eigenvalue weighted by Gasteiger charge is -2.15. The number of aryl methyl sites for hydroxylation is 1. The quantitative estimate of drug-likeness (QED) is 0.674. The van der Waals surface area contributed by atoms with E-state index >= 15 is 0 Å². The van der Waals surface area contributed by atoms with Crippen molar-refractivity contribution in [3.8, 4) is 0 Å². The van der Waals surface area contributed by atoms with Crippen molar-refractivity contribution in [3.05, 3.63) is 64.5 Å². The number of aromatic nitrogens is 2. The summed E-state index contributed by atoms with van der Waals surface area (Å²) in [7, 11) is 0. The van der Waals surface area contributed by atoms with Crippen LogP contribution in [0.15, 0.2) is 36.7 Å². The van der Waals surface area contributed by atoms with Crippen LogP contribution in [0.5, 0.6) is 0 Å². The van der Waals surface area contributed by atoms with Crippen LogP contribution in [0.3, 0.4) is 0 Å². The SMILES string of the molecule is Cc1cc(Cn2cnc3ccccc32)c(C)c(C)c1C. The molecule has 20 heavy (non-hydrogen) atoms. The largest absolute Gasteiger partial charge is 0.326 e. The number of benzene rings is 2. The smallest absolute Gasteiger partial charge is 0.0961 e. The Hall–Kier alpha value is -2.09. The van der Waals surface area contributed by atoms with Crippen molar-refractivity contribution < 1.29 is 0 Å². The molecule has 3 aromatic rings. The second-order valence-corrected chi connectivity index (χ2v) is 5.59. The lowest BCUT2D eigenvalue weighted by Crippen LogP contribution is -2.03. The summed E-state index contributed by atoms with van der Waals surface area (Å²) >= 11 is 0. The zero-order chi connectivity index (χ0) is 14.3. The minimum atomic E-state index is 0.883. The van der Waals surface area contributed by atoms with E-state index < -0.39 is 0 Å². The maximum absolute atomic E-state index is 4.47. The highest BCUT2D eigenvalue weighted by Crippen LogP contribution is 2.23. The predicted molar refractivity (Wildman–Crippen MR) is 84.2 cm³/mol. The van der Waals surface area contributed by atoms with Gasteiger partial charge in [0, 0.05) is 6.54 Å². The monoisotopic (exact) mass is 264 g/mol. The van der Waals surface area contributed by atoms with Gasteiger partial charge in [-0.15, -0.1) is 0 Å². The molecule has 2 nitrogen and oxygen atoms in total. The molecule has 0 aliphatic rings. The van der Waals surface area contributed by atoms with Gasteiger partial charge < -0.3 is 4.57 Å². The Bertz CT molecular complexity index is 781. The van der Waals surface area contributed by atoms with E-state index in [4.69, 9.17) is 0 Å². The fourth-order valence-electron chi connectivity index (χ4n) is 2.78. The Morgan fingerprint density at radius 3 is 2.50 bits per heavy atom. The summed E-state index contributed by atoms with van der Waals surface area (Å²) in [6.45, 7) is 9.71. The first-order chi connectivity index (χ1) is 9.58. The average Bonchev–Trinajstić information content (AvgIpc) is 2.86. The molecule has 1 aromatic heterocycles. The fourth-order valence-corrected chi connectivity index (χ4v) is 2.78. The van der Waals surface area contributed by atoms with E-state index in [1.54, 1.807) is 0 Å². The summed E-state index contributed by atoms with van der Waals surface area (Å²) < 4.78 is 2.23. The van der Waals surface area contributed by atoms with Gasteiger partial charge in [-0.25, -0.2) is 4.98 Å². The lowest BCUT2D eigenvalue weighted by atomic mass is 9.94. The Balaban J connectivity index is 2.08. The standard InChI is InChI=1S/C18H20N2/c1-12-9-16(15(4)14(3)13(12)2)10-20-11-19-17-7-5-6-8-18(17)20/h5-9,11H,10H2,1-4H3. The molecule has 0 bridgehead atoms. The van der Waals surface area contributed by atoms with E-state index in [0.717, 1.165) is 12.1 Å². The molecule has 0 aliphatic carbocycles. The molecule has 0 atom stereocenters. The third-order valence-electron chi connectivity index (χ3n) is 4.46. The van der Waals surface area contributed by atoms with Gasteiger partial charge in [0.1, 0.15) is 0 Å². The van der Waals surface area contributed by atoms with Crippen LogP contribution in [0.4, 0.5) is 0 Å². The Morgan fingerprint density at radius 2 is 1.70 bits per heavy atom. The summed E-state index contributed by atoms with van der Waals surface area (Å²) in [4.78, 5) is 4.47. The van der Waals surface area contributed by atoms with Crippen molar-refractivity contribution in [1.82, 2.24) is 9.55 Å². The molecular weight excluding hydrogens is 244 g/mol. The van der Waals surface area contributed by atoms with Gasteiger partial charge in [0.25, 0.3) is 0 Å². The average molecular weight is 264 g/mol. The van der Waals surface area contributed by atoms with Crippen LogP contribution in [0.25, 0.3) is 11.0 Å². The molecule has 0 spiro atoms. The third-order valence-corrected chi connectivity index (χ3v) is 4.46. The highest BCUT2D eigenvalue weighted by molar-refractivity contribution is 5.75. The van der Waals surface area contributed by atoms with E-state index in [1.165, 1.54) is 33.3 Å². The second kappa shape index (κ2) is 4.78. The first kappa shape index (κ1) is 12.9. The first-order valence-corrected chi connectivity index (χ1v) is 7.04. The van der Waals surface area contributed by atoms with Gasteiger partial charge in [-0.2, -0.15) is 0 Å². The number of hydrogen-bond acceptors (Lipinski definition) is 1. The van der Waals surface area contributed by atoms with Crippen LogP contribution in [0.2, 0.25) is 0 Å². The minimum Gasteiger partial charge on any atom is -0.326 e. The third kappa shape index (κ3) is 2.01. The highest BCUT2D eigenvalue weighted by atomic mass is 15.0. The van der Waals surface area contributed by atoms with Crippen LogP contribution in [0.1, 0.15) is 27.8 Å².